The lowest BCUT2D eigenvalue weighted by atomic mass is 10.0. The predicted molar refractivity (Wildman–Crippen MR) is 124 cm³/mol. The molecule has 0 radical (unpaired) electrons. The molecular formula is C25H19ClN4O2. The molecule has 0 fully saturated rings. The monoisotopic (exact) mass is 442 g/mol. The van der Waals surface area contributed by atoms with Crippen molar-refractivity contribution in [2.45, 2.75) is 6.61 Å². The summed E-state index contributed by atoms with van der Waals surface area (Å²) in [6.07, 6.45) is 3.30. The summed E-state index contributed by atoms with van der Waals surface area (Å²) in [5, 5.41) is 14.3. The Labute approximate surface area is 189 Å². The van der Waals surface area contributed by atoms with Crippen LogP contribution in [0.1, 0.15) is 22.7 Å². The normalized spacial score (nSPS) is 11.8. The molecule has 2 aromatic heterocycles. The molecule has 0 atom stereocenters. The van der Waals surface area contributed by atoms with E-state index in [1.165, 1.54) is 6.39 Å². The maximum atomic E-state index is 6.01. The summed E-state index contributed by atoms with van der Waals surface area (Å²) in [7, 11) is 1.94. The topological polar surface area (TPSA) is 66.0 Å². The molecule has 0 aliphatic rings. The first-order valence-electron chi connectivity index (χ1n) is 10.0. The maximum Gasteiger partial charge on any atom is 0.248 e. The lowest BCUT2D eigenvalue weighted by Crippen LogP contribution is -1.98. The number of aromatic nitrogens is 4. The van der Waals surface area contributed by atoms with Crippen molar-refractivity contribution < 1.29 is 9.15 Å². The Kier molecular flexibility index (Phi) is 5.44. The average molecular weight is 443 g/mol. The Morgan fingerprint density at radius 2 is 1.81 bits per heavy atom. The molecule has 0 amide bonds. The molecule has 158 valence electrons. The number of aryl methyl sites for hydroxylation is 1. The first-order valence-corrected chi connectivity index (χ1v) is 10.4. The molecule has 5 rings (SSSR count). The highest BCUT2D eigenvalue weighted by Gasteiger charge is 2.12. The highest BCUT2D eigenvalue weighted by molar-refractivity contribution is 6.30. The van der Waals surface area contributed by atoms with Crippen LogP contribution in [-0.2, 0) is 13.7 Å². The van der Waals surface area contributed by atoms with Crippen molar-refractivity contribution in [2.75, 3.05) is 0 Å². The number of para-hydroxylation sites is 1. The van der Waals surface area contributed by atoms with E-state index in [4.69, 9.17) is 20.8 Å². The van der Waals surface area contributed by atoms with Crippen molar-refractivity contribution in [3.63, 3.8) is 0 Å². The van der Waals surface area contributed by atoms with Crippen LogP contribution in [0.4, 0.5) is 0 Å². The fourth-order valence-electron chi connectivity index (χ4n) is 3.56. The maximum absolute atomic E-state index is 6.01. The van der Waals surface area contributed by atoms with Crippen LogP contribution in [-0.4, -0.2) is 20.0 Å². The van der Waals surface area contributed by atoms with Crippen molar-refractivity contribution in [2.24, 2.45) is 7.05 Å². The minimum Gasteiger partial charge on any atom is -0.487 e. The van der Waals surface area contributed by atoms with Gasteiger partial charge in [-0.3, -0.25) is 4.68 Å². The van der Waals surface area contributed by atoms with E-state index >= 15 is 0 Å². The summed E-state index contributed by atoms with van der Waals surface area (Å²) >= 11 is 6.01. The van der Waals surface area contributed by atoms with Crippen LogP contribution in [0.2, 0.25) is 5.02 Å². The van der Waals surface area contributed by atoms with E-state index in [1.54, 1.807) is 0 Å². The number of nitrogens with zero attached hydrogens (tertiary/aromatic N) is 4. The first-order chi connectivity index (χ1) is 15.7. The van der Waals surface area contributed by atoms with Crippen molar-refractivity contribution >= 4 is 34.2 Å². The van der Waals surface area contributed by atoms with Gasteiger partial charge in [0.05, 0.1) is 5.52 Å². The van der Waals surface area contributed by atoms with Gasteiger partial charge in [-0.05, 0) is 47.5 Å². The molecule has 3 aromatic carbocycles. The van der Waals surface area contributed by atoms with Gasteiger partial charge in [0, 0.05) is 23.0 Å². The van der Waals surface area contributed by atoms with E-state index in [0.29, 0.717) is 17.5 Å². The van der Waals surface area contributed by atoms with Crippen LogP contribution >= 0.6 is 11.6 Å². The molecule has 0 N–H and O–H groups in total. The minimum atomic E-state index is 0.387. The number of halogens is 1. The van der Waals surface area contributed by atoms with E-state index in [0.717, 1.165) is 39.0 Å². The van der Waals surface area contributed by atoms with Crippen LogP contribution in [0.15, 0.2) is 83.6 Å². The summed E-state index contributed by atoms with van der Waals surface area (Å²) in [5.74, 6) is 1.19. The molecule has 0 aliphatic carbocycles. The fourth-order valence-corrected chi connectivity index (χ4v) is 3.69. The average Bonchev–Trinajstić information content (AvgIpc) is 3.47. The number of hydrogen-bond acceptors (Lipinski definition) is 5. The van der Waals surface area contributed by atoms with E-state index in [-0.39, 0.29) is 0 Å². The van der Waals surface area contributed by atoms with Gasteiger partial charge < -0.3 is 9.15 Å². The van der Waals surface area contributed by atoms with Gasteiger partial charge in [0.15, 0.2) is 0 Å². The first kappa shape index (κ1) is 20.0. The van der Waals surface area contributed by atoms with Crippen LogP contribution in [0.3, 0.4) is 0 Å². The van der Waals surface area contributed by atoms with Crippen LogP contribution in [0.5, 0.6) is 5.75 Å². The Hall–Kier alpha value is -3.90. The molecular weight excluding hydrogens is 424 g/mol. The SMILES string of the molecule is Cn1nc(COc2ccc(/C(=C/c3ccc(Cl)cc3)c3nnco3)cc2)c2ccccc21. The molecule has 6 nitrogen and oxygen atoms in total. The number of hydrogen-bond donors (Lipinski definition) is 0. The summed E-state index contributed by atoms with van der Waals surface area (Å²) in [4.78, 5) is 0. The zero-order valence-electron chi connectivity index (χ0n) is 17.3. The van der Waals surface area contributed by atoms with E-state index in [1.807, 2.05) is 84.5 Å². The van der Waals surface area contributed by atoms with E-state index in [2.05, 4.69) is 21.4 Å². The highest BCUT2D eigenvalue weighted by Crippen LogP contribution is 2.27. The van der Waals surface area contributed by atoms with Crippen molar-refractivity contribution in [1.82, 2.24) is 20.0 Å². The lowest BCUT2D eigenvalue weighted by molar-refractivity contribution is 0.301. The second-order valence-electron chi connectivity index (χ2n) is 7.25. The molecule has 5 aromatic rings. The molecule has 0 bridgehead atoms. The molecule has 7 heteroatoms. The quantitative estimate of drug-likeness (QED) is 0.312. The third-order valence-corrected chi connectivity index (χ3v) is 5.40. The Bertz CT molecular complexity index is 1370. The number of rotatable bonds is 6. The number of fused-ring (bicyclic) bond motifs is 1. The Morgan fingerprint density at radius 3 is 2.56 bits per heavy atom. The summed E-state index contributed by atoms with van der Waals surface area (Å²) in [6, 6.07) is 23.5. The standard InChI is InChI=1S/C25H19ClN4O2/c1-30-24-5-3-2-4-21(24)23(29-30)15-31-20-12-8-18(9-13-20)22(25-28-27-16-32-25)14-17-6-10-19(26)11-7-17/h2-14,16H,15H2,1H3/b22-14-. The van der Waals surface area contributed by atoms with Gasteiger partial charge in [0.1, 0.15) is 18.1 Å². The van der Waals surface area contributed by atoms with Crippen molar-refractivity contribution in [3.8, 4) is 5.75 Å². The Morgan fingerprint density at radius 1 is 1.03 bits per heavy atom. The van der Waals surface area contributed by atoms with E-state index in [9.17, 15) is 0 Å². The van der Waals surface area contributed by atoms with Crippen LogP contribution in [0, 0.1) is 0 Å². The van der Waals surface area contributed by atoms with Gasteiger partial charge >= 0.3 is 0 Å². The van der Waals surface area contributed by atoms with Gasteiger partial charge in [-0.2, -0.15) is 5.10 Å². The second kappa shape index (κ2) is 8.69. The molecule has 0 unspecified atom stereocenters. The zero-order valence-corrected chi connectivity index (χ0v) is 18.0. The smallest absolute Gasteiger partial charge is 0.248 e. The van der Waals surface area contributed by atoms with Crippen LogP contribution < -0.4 is 4.74 Å². The molecule has 32 heavy (non-hydrogen) atoms. The minimum absolute atomic E-state index is 0.387. The number of ether oxygens (including phenoxy) is 1. The van der Waals surface area contributed by atoms with E-state index < -0.39 is 0 Å². The summed E-state index contributed by atoms with van der Waals surface area (Å²) < 4.78 is 13.3. The highest BCUT2D eigenvalue weighted by atomic mass is 35.5. The molecule has 2 heterocycles. The zero-order chi connectivity index (χ0) is 21.9. The fraction of sp³-hybridized carbons (Fsp3) is 0.0800. The largest absolute Gasteiger partial charge is 0.487 e. The van der Waals surface area contributed by atoms with Gasteiger partial charge in [-0.15, -0.1) is 10.2 Å². The summed E-state index contributed by atoms with van der Waals surface area (Å²) in [6.45, 7) is 0.387. The van der Waals surface area contributed by atoms with Gasteiger partial charge in [0.2, 0.25) is 12.3 Å². The molecule has 0 aliphatic heterocycles. The third-order valence-electron chi connectivity index (χ3n) is 5.15. The van der Waals surface area contributed by atoms with Crippen molar-refractivity contribution in [1.29, 1.82) is 0 Å². The predicted octanol–water partition coefficient (Wildman–Crippen LogP) is 5.78. The Balaban J connectivity index is 1.39. The lowest BCUT2D eigenvalue weighted by Gasteiger charge is -2.08. The second-order valence-corrected chi connectivity index (χ2v) is 7.69. The van der Waals surface area contributed by atoms with Crippen molar-refractivity contribution in [3.05, 3.63) is 107 Å². The van der Waals surface area contributed by atoms with Gasteiger partial charge in [0.25, 0.3) is 0 Å². The van der Waals surface area contributed by atoms with Gasteiger partial charge in [-0.1, -0.05) is 54.1 Å². The molecule has 0 saturated heterocycles. The molecule has 0 spiro atoms. The van der Waals surface area contributed by atoms with Crippen LogP contribution in [0.25, 0.3) is 22.6 Å². The third kappa shape index (κ3) is 4.13. The molecule has 0 saturated carbocycles. The van der Waals surface area contributed by atoms with Gasteiger partial charge in [-0.25, -0.2) is 0 Å². The number of benzene rings is 3. The summed E-state index contributed by atoms with van der Waals surface area (Å²) in [5.41, 5.74) is 4.70.